The van der Waals surface area contributed by atoms with Gasteiger partial charge in [-0.15, -0.1) is 0 Å². The van der Waals surface area contributed by atoms with Crippen molar-refractivity contribution in [2.45, 2.75) is 45.1 Å². The maximum atomic E-state index is 12.5. The average molecular weight is 433 g/mol. The van der Waals surface area contributed by atoms with E-state index in [0.29, 0.717) is 30.4 Å². The highest BCUT2D eigenvalue weighted by atomic mass is 35.5. The van der Waals surface area contributed by atoms with Crippen molar-refractivity contribution in [1.29, 1.82) is 0 Å². The van der Waals surface area contributed by atoms with E-state index in [1.165, 1.54) is 12.3 Å². The fraction of sp³-hybridized carbons (Fsp3) is 0.500. The number of halogens is 1. The maximum absolute atomic E-state index is 12.5. The van der Waals surface area contributed by atoms with Gasteiger partial charge in [0.2, 0.25) is 0 Å². The predicted molar refractivity (Wildman–Crippen MR) is 113 cm³/mol. The van der Waals surface area contributed by atoms with Crippen molar-refractivity contribution in [3.63, 3.8) is 0 Å². The van der Waals surface area contributed by atoms with Gasteiger partial charge in [-0.2, -0.15) is 0 Å². The minimum Gasteiger partial charge on any atom is -0.490 e. The summed E-state index contributed by atoms with van der Waals surface area (Å²) in [6.07, 6.45) is 4.12. The third-order valence-electron chi connectivity index (χ3n) is 6.26. The van der Waals surface area contributed by atoms with Crippen LogP contribution in [0.5, 0.6) is 5.75 Å². The van der Waals surface area contributed by atoms with Crippen LogP contribution in [0.3, 0.4) is 0 Å². The molecule has 3 heterocycles. The van der Waals surface area contributed by atoms with E-state index in [9.17, 15) is 14.7 Å². The average Bonchev–Trinajstić information content (AvgIpc) is 3.01. The molecule has 0 unspecified atom stereocenters. The molecule has 1 aliphatic heterocycles. The molecule has 1 aliphatic carbocycles. The molecule has 1 N–H and O–H groups in total. The van der Waals surface area contributed by atoms with E-state index < -0.39 is 11.4 Å². The van der Waals surface area contributed by atoms with Crippen LogP contribution in [0.4, 0.5) is 0 Å². The molecule has 0 bridgehead atoms. The van der Waals surface area contributed by atoms with Crippen LogP contribution in [0.1, 0.15) is 61.0 Å². The lowest BCUT2D eigenvalue weighted by atomic mass is 9.79. The monoisotopic (exact) mass is 432 g/mol. The zero-order chi connectivity index (χ0) is 21.6. The second-order valence-corrected chi connectivity index (χ2v) is 9.00. The van der Waals surface area contributed by atoms with Crippen LogP contribution in [-0.4, -0.2) is 41.0 Å². The number of hydrogen-bond acceptors (Lipinski definition) is 5. The third-order valence-corrected chi connectivity index (χ3v) is 6.53. The summed E-state index contributed by atoms with van der Waals surface area (Å²) >= 11 is 6.41. The number of aromatic nitrogens is 2. The van der Waals surface area contributed by atoms with Crippen LogP contribution < -0.4 is 10.2 Å². The molecule has 2 atom stereocenters. The van der Waals surface area contributed by atoms with E-state index in [0.717, 1.165) is 24.8 Å². The first-order valence-corrected chi connectivity index (χ1v) is 10.4. The second kappa shape index (κ2) is 7.71. The molecule has 2 aromatic rings. The van der Waals surface area contributed by atoms with Gasteiger partial charge in [-0.1, -0.05) is 25.4 Å². The Morgan fingerprint density at radius 2 is 2.13 bits per heavy atom. The molecule has 0 radical (unpaired) electrons. The minimum atomic E-state index is -1.22. The molecule has 1 fully saturated rings. The van der Waals surface area contributed by atoms with Gasteiger partial charge in [-0.3, -0.25) is 4.79 Å². The van der Waals surface area contributed by atoms with Gasteiger partial charge in [0.25, 0.3) is 0 Å². The van der Waals surface area contributed by atoms with E-state index in [1.54, 1.807) is 7.11 Å². The smallest absolute Gasteiger partial charge is 0.341 e. The second-order valence-electron chi connectivity index (χ2n) is 8.64. The standard InChI is InChI=1S/C22H25ClN2O5/c1-22(2)6-5-12-13-9-17(30-8-4-7-29-3)20(23)24-18(13)15-10-16(26)14(21(27)28)11-25(15)19(12)22/h9-12,19H,4-8H2,1-3H3,(H,27,28)/t12-,19+/m1/s1. The first-order chi connectivity index (χ1) is 14.2. The SMILES string of the molecule is COCCCOc1cc2c(nc1Cl)-c1cc(=O)c(C(=O)O)cn1[C@H]1[C@@H]2CCC1(C)C. The van der Waals surface area contributed by atoms with E-state index in [1.807, 2.05) is 10.6 Å². The number of aromatic carboxylic acids is 1. The van der Waals surface area contributed by atoms with Crippen LogP contribution in [-0.2, 0) is 4.74 Å². The molecule has 160 valence electrons. The van der Waals surface area contributed by atoms with E-state index in [4.69, 9.17) is 21.1 Å². The van der Waals surface area contributed by atoms with Crippen LogP contribution >= 0.6 is 11.6 Å². The van der Waals surface area contributed by atoms with Crippen LogP contribution in [0.2, 0.25) is 5.15 Å². The molecule has 0 aromatic carbocycles. The number of rotatable bonds is 6. The summed E-state index contributed by atoms with van der Waals surface area (Å²) in [7, 11) is 1.64. The lowest BCUT2D eigenvalue weighted by Gasteiger charge is -2.39. The third kappa shape index (κ3) is 3.40. The van der Waals surface area contributed by atoms with Gasteiger partial charge in [0.15, 0.2) is 16.3 Å². The quantitative estimate of drug-likeness (QED) is 0.545. The molecule has 0 amide bonds. The predicted octanol–water partition coefficient (Wildman–Crippen LogP) is 4.14. The zero-order valence-electron chi connectivity index (χ0n) is 17.3. The lowest BCUT2D eigenvalue weighted by molar-refractivity contribution is 0.0693. The Labute approximate surface area is 179 Å². The van der Waals surface area contributed by atoms with Gasteiger partial charge in [0, 0.05) is 44.4 Å². The summed E-state index contributed by atoms with van der Waals surface area (Å²) in [5, 5.41) is 9.68. The number of carboxylic acids is 1. The molecule has 8 heteroatoms. The van der Waals surface area contributed by atoms with Crippen molar-refractivity contribution in [3.8, 4) is 17.1 Å². The molecular formula is C22H25ClN2O5. The summed E-state index contributed by atoms with van der Waals surface area (Å²) in [5.74, 6) is -0.565. The van der Waals surface area contributed by atoms with Gasteiger partial charge in [0.05, 0.1) is 18.0 Å². The van der Waals surface area contributed by atoms with Crippen molar-refractivity contribution in [2.75, 3.05) is 20.3 Å². The molecule has 30 heavy (non-hydrogen) atoms. The number of methoxy groups -OCH3 is 1. The van der Waals surface area contributed by atoms with E-state index in [-0.39, 0.29) is 28.1 Å². The first kappa shape index (κ1) is 20.9. The number of ether oxygens (including phenoxy) is 2. The summed E-state index contributed by atoms with van der Waals surface area (Å²) in [6, 6.07) is 3.33. The number of fused-ring (bicyclic) bond motifs is 6. The molecule has 2 aliphatic rings. The molecule has 4 rings (SSSR count). The van der Waals surface area contributed by atoms with E-state index in [2.05, 4.69) is 18.8 Å². The highest BCUT2D eigenvalue weighted by molar-refractivity contribution is 6.31. The first-order valence-electron chi connectivity index (χ1n) is 10.1. The summed E-state index contributed by atoms with van der Waals surface area (Å²) < 4.78 is 12.8. The Morgan fingerprint density at radius 1 is 1.37 bits per heavy atom. The molecular weight excluding hydrogens is 408 g/mol. The lowest BCUT2D eigenvalue weighted by Crippen LogP contribution is -2.32. The summed E-state index contributed by atoms with van der Waals surface area (Å²) in [5.41, 5.74) is 1.39. The zero-order valence-corrected chi connectivity index (χ0v) is 18.0. The number of carboxylic acid groups (broad SMARTS) is 1. The van der Waals surface area contributed by atoms with Gasteiger partial charge in [0.1, 0.15) is 5.56 Å². The Kier molecular flexibility index (Phi) is 5.36. The normalized spacial score (nSPS) is 20.9. The number of carbonyl (C=O) groups is 1. The van der Waals surface area contributed by atoms with Crippen LogP contribution in [0.25, 0.3) is 11.4 Å². The number of hydrogen-bond donors (Lipinski definition) is 1. The topological polar surface area (TPSA) is 90.7 Å². The van der Waals surface area contributed by atoms with Crippen molar-refractivity contribution < 1.29 is 19.4 Å². The summed E-state index contributed by atoms with van der Waals surface area (Å²) in [6.45, 7) is 5.41. The minimum absolute atomic E-state index is 0.0167. The highest BCUT2D eigenvalue weighted by Crippen LogP contribution is 2.59. The fourth-order valence-electron chi connectivity index (χ4n) is 4.87. The van der Waals surface area contributed by atoms with Crippen molar-refractivity contribution in [2.24, 2.45) is 5.41 Å². The van der Waals surface area contributed by atoms with Crippen molar-refractivity contribution in [1.82, 2.24) is 9.55 Å². The number of nitrogens with zero attached hydrogens (tertiary/aromatic N) is 2. The Morgan fingerprint density at radius 3 is 2.83 bits per heavy atom. The van der Waals surface area contributed by atoms with Gasteiger partial charge >= 0.3 is 5.97 Å². The molecule has 0 spiro atoms. The van der Waals surface area contributed by atoms with Gasteiger partial charge in [-0.05, 0) is 29.9 Å². The Bertz CT molecular complexity index is 1060. The highest BCUT2D eigenvalue weighted by Gasteiger charge is 2.48. The van der Waals surface area contributed by atoms with Crippen LogP contribution in [0, 0.1) is 5.41 Å². The Balaban J connectivity index is 1.86. The van der Waals surface area contributed by atoms with Gasteiger partial charge in [-0.25, -0.2) is 9.78 Å². The Hall–Kier alpha value is -2.38. The van der Waals surface area contributed by atoms with E-state index >= 15 is 0 Å². The number of pyridine rings is 2. The molecule has 7 nitrogen and oxygen atoms in total. The van der Waals surface area contributed by atoms with Crippen LogP contribution in [0.15, 0.2) is 23.1 Å². The van der Waals surface area contributed by atoms with Gasteiger partial charge < -0.3 is 19.1 Å². The fourth-order valence-corrected chi connectivity index (χ4v) is 5.06. The maximum Gasteiger partial charge on any atom is 0.341 e. The molecule has 0 saturated heterocycles. The van der Waals surface area contributed by atoms with Crippen molar-refractivity contribution >= 4 is 17.6 Å². The largest absolute Gasteiger partial charge is 0.490 e. The van der Waals surface area contributed by atoms with Crippen molar-refractivity contribution in [3.05, 3.63) is 44.8 Å². The molecule has 2 aromatic heterocycles. The summed E-state index contributed by atoms with van der Waals surface area (Å²) in [4.78, 5) is 28.6. The molecule has 1 saturated carbocycles.